The van der Waals surface area contributed by atoms with Crippen molar-refractivity contribution < 1.29 is 33.6 Å². The fraction of sp³-hybridized carbons (Fsp3) is 0.571. The zero-order chi connectivity index (χ0) is 20.9. The number of hydrogen-bond acceptors (Lipinski definition) is 8. The highest BCUT2D eigenvalue weighted by Gasteiger charge is 2.38. The molecule has 7 nitrogen and oxygen atoms in total. The van der Waals surface area contributed by atoms with Crippen LogP contribution in [0.5, 0.6) is 0 Å². The van der Waals surface area contributed by atoms with Gasteiger partial charge in [0.05, 0.1) is 26.4 Å². The van der Waals surface area contributed by atoms with Crippen molar-refractivity contribution in [3.05, 3.63) is 46.9 Å². The molecule has 3 atom stereocenters. The maximum absolute atomic E-state index is 12.3. The van der Waals surface area contributed by atoms with E-state index in [1.807, 2.05) is 24.4 Å². The minimum atomic E-state index is -0.574. The summed E-state index contributed by atoms with van der Waals surface area (Å²) in [7, 11) is 0. The maximum atomic E-state index is 12.3. The van der Waals surface area contributed by atoms with Crippen LogP contribution in [-0.4, -0.2) is 63.6 Å². The van der Waals surface area contributed by atoms with Crippen LogP contribution in [0.3, 0.4) is 0 Å². The van der Waals surface area contributed by atoms with Gasteiger partial charge >= 0.3 is 5.97 Å². The summed E-state index contributed by atoms with van der Waals surface area (Å²) in [6.45, 7) is 7.73. The van der Waals surface area contributed by atoms with E-state index in [-0.39, 0.29) is 30.8 Å². The molecule has 0 aliphatic carbocycles. The first-order valence-corrected chi connectivity index (χ1v) is 10.7. The third kappa shape index (κ3) is 7.56. The summed E-state index contributed by atoms with van der Waals surface area (Å²) in [5.41, 5.74) is 1.10. The van der Waals surface area contributed by atoms with E-state index in [0.29, 0.717) is 39.5 Å². The Morgan fingerprint density at radius 3 is 2.76 bits per heavy atom. The van der Waals surface area contributed by atoms with Crippen molar-refractivity contribution in [2.24, 2.45) is 5.92 Å². The Bertz CT molecular complexity index is 629. The molecule has 1 aliphatic heterocycles. The van der Waals surface area contributed by atoms with Gasteiger partial charge in [-0.1, -0.05) is 12.7 Å². The molecular weight excluding hydrogens is 396 g/mol. The number of allylic oxidation sites excluding steroid dienone is 1. The number of carbonyl (C=O) groups is 1. The molecule has 2 rings (SSSR count). The molecule has 2 heterocycles. The van der Waals surface area contributed by atoms with Gasteiger partial charge < -0.3 is 28.8 Å². The molecule has 0 aromatic carbocycles. The molecule has 1 aromatic rings. The molecule has 8 heteroatoms. The average Bonchev–Trinajstić information content (AvgIpc) is 3.26. The lowest BCUT2D eigenvalue weighted by molar-refractivity contribution is -0.176. The molecule has 1 aliphatic rings. The third-order valence-corrected chi connectivity index (χ3v) is 5.08. The Balaban J connectivity index is 2.07. The highest BCUT2D eigenvalue weighted by Crippen LogP contribution is 2.39. The van der Waals surface area contributed by atoms with Gasteiger partial charge in [0.25, 0.3) is 0 Å². The van der Waals surface area contributed by atoms with Crippen LogP contribution in [0.4, 0.5) is 0 Å². The molecule has 29 heavy (non-hydrogen) atoms. The van der Waals surface area contributed by atoms with E-state index in [0.717, 1.165) is 5.56 Å². The van der Waals surface area contributed by atoms with Gasteiger partial charge in [-0.05, 0) is 41.8 Å². The second-order valence-electron chi connectivity index (χ2n) is 6.34. The van der Waals surface area contributed by atoms with Gasteiger partial charge in [0.2, 0.25) is 12.0 Å². The average molecular weight is 427 g/mol. The van der Waals surface area contributed by atoms with Gasteiger partial charge in [0.15, 0.2) is 0 Å². The molecule has 0 bridgehead atoms. The van der Waals surface area contributed by atoms with Crippen LogP contribution in [-0.2, 0) is 28.5 Å². The molecule has 0 fully saturated rings. The quantitative estimate of drug-likeness (QED) is 0.278. The lowest BCUT2D eigenvalue weighted by Gasteiger charge is -2.36. The van der Waals surface area contributed by atoms with Crippen LogP contribution in [0.25, 0.3) is 0 Å². The Labute approximate surface area is 175 Å². The molecule has 1 N–H and O–H groups in total. The highest BCUT2D eigenvalue weighted by molar-refractivity contribution is 7.08. The van der Waals surface area contributed by atoms with E-state index in [1.54, 1.807) is 11.3 Å². The number of hydrogen-bond donors (Lipinski definition) is 1. The number of thiophene rings is 1. The smallest absolute Gasteiger partial charge is 0.373 e. The number of aliphatic hydroxyl groups is 1. The normalized spacial score (nSPS) is 21.3. The lowest BCUT2D eigenvalue weighted by atomic mass is 9.82. The zero-order valence-electron chi connectivity index (χ0n) is 16.8. The van der Waals surface area contributed by atoms with E-state index in [4.69, 9.17) is 28.8 Å². The van der Waals surface area contributed by atoms with Gasteiger partial charge in [-0.3, -0.25) is 0 Å². The summed E-state index contributed by atoms with van der Waals surface area (Å²) in [6, 6.07) is 2.05. The second kappa shape index (κ2) is 13.5. The summed E-state index contributed by atoms with van der Waals surface area (Å²) >= 11 is 1.60. The van der Waals surface area contributed by atoms with Crippen molar-refractivity contribution in [1.82, 2.24) is 0 Å². The summed E-state index contributed by atoms with van der Waals surface area (Å²) < 4.78 is 27.7. The molecular formula is C21H30O7S. The van der Waals surface area contributed by atoms with Gasteiger partial charge in [-0.25, -0.2) is 4.79 Å². The minimum absolute atomic E-state index is 0.00166. The third-order valence-electron chi connectivity index (χ3n) is 4.38. The largest absolute Gasteiger partial charge is 0.457 e. The fourth-order valence-electron chi connectivity index (χ4n) is 3.08. The van der Waals surface area contributed by atoms with Gasteiger partial charge in [-0.15, -0.1) is 0 Å². The first kappa shape index (κ1) is 23.6. The number of ether oxygens (including phenoxy) is 5. The van der Waals surface area contributed by atoms with Gasteiger partial charge in [0.1, 0.15) is 6.61 Å². The van der Waals surface area contributed by atoms with Crippen molar-refractivity contribution >= 4 is 17.3 Å². The molecule has 162 valence electrons. The number of esters is 1. The zero-order valence-corrected chi connectivity index (χ0v) is 17.6. The summed E-state index contributed by atoms with van der Waals surface area (Å²) in [5.74, 6) is -0.424. The van der Waals surface area contributed by atoms with E-state index in [1.165, 1.54) is 6.08 Å². The predicted molar refractivity (Wildman–Crippen MR) is 110 cm³/mol. The molecule has 1 aromatic heterocycles. The summed E-state index contributed by atoms with van der Waals surface area (Å²) in [6.07, 6.45) is 3.45. The fourth-order valence-corrected chi connectivity index (χ4v) is 3.79. The topological polar surface area (TPSA) is 83.5 Å². The molecule has 0 spiro atoms. The van der Waals surface area contributed by atoms with Gasteiger partial charge in [0, 0.05) is 25.0 Å². The van der Waals surface area contributed by atoms with Crippen LogP contribution < -0.4 is 0 Å². The molecule has 0 saturated carbocycles. The van der Waals surface area contributed by atoms with Gasteiger partial charge in [-0.2, -0.15) is 11.3 Å². The maximum Gasteiger partial charge on any atom is 0.373 e. The second-order valence-corrected chi connectivity index (χ2v) is 7.12. The molecule has 0 radical (unpaired) electrons. The van der Waals surface area contributed by atoms with Crippen molar-refractivity contribution in [2.45, 2.75) is 25.6 Å². The Morgan fingerprint density at radius 1 is 1.31 bits per heavy atom. The van der Waals surface area contributed by atoms with Crippen LogP contribution >= 0.6 is 11.3 Å². The van der Waals surface area contributed by atoms with Crippen LogP contribution in [0.1, 0.15) is 24.8 Å². The van der Waals surface area contributed by atoms with E-state index >= 15 is 0 Å². The molecule has 0 amide bonds. The first-order chi connectivity index (χ1) is 14.2. The number of carbonyl (C=O) groups excluding carboxylic acids is 1. The predicted octanol–water partition coefficient (Wildman–Crippen LogP) is 2.87. The Kier molecular flexibility index (Phi) is 11.0. The number of aliphatic hydroxyl groups excluding tert-OH is 1. The highest BCUT2D eigenvalue weighted by atomic mass is 32.1. The lowest BCUT2D eigenvalue weighted by Crippen LogP contribution is -2.37. The van der Waals surface area contributed by atoms with E-state index in [9.17, 15) is 4.79 Å². The van der Waals surface area contributed by atoms with Crippen LogP contribution in [0, 0.1) is 5.92 Å². The van der Waals surface area contributed by atoms with E-state index < -0.39 is 12.3 Å². The Hall–Kier alpha value is -1.71. The standard InChI is InChI=1S/C21H30O7S/c1-3-8-27-20(23)19-14-18(16-6-13-29-15-16)17(21(28-19)26-4-2)5-9-24-11-12-25-10-7-22/h3,6,13-15,17-18,21-22H,1,4-5,7-12H2,2H3. The summed E-state index contributed by atoms with van der Waals surface area (Å²) in [5, 5.41) is 12.8. The van der Waals surface area contributed by atoms with Crippen LogP contribution in [0.2, 0.25) is 0 Å². The first-order valence-electron chi connectivity index (χ1n) is 9.77. The van der Waals surface area contributed by atoms with Crippen molar-refractivity contribution in [1.29, 1.82) is 0 Å². The van der Waals surface area contributed by atoms with Crippen molar-refractivity contribution in [3.8, 4) is 0 Å². The molecule has 0 saturated heterocycles. The monoisotopic (exact) mass is 426 g/mol. The molecule has 3 unspecified atom stereocenters. The van der Waals surface area contributed by atoms with Crippen molar-refractivity contribution in [3.63, 3.8) is 0 Å². The minimum Gasteiger partial charge on any atom is -0.457 e. The van der Waals surface area contributed by atoms with Crippen LogP contribution in [0.15, 0.2) is 41.3 Å². The Morgan fingerprint density at radius 2 is 2.10 bits per heavy atom. The van der Waals surface area contributed by atoms with E-state index in [2.05, 4.69) is 12.0 Å². The number of rotatable bonds is 14. The SMILES string of the molecule is C=CCOC(=O)C1=CC(c2ccsc2)C(CCOCCOCCO)C(OCC)O1. The van der Waals surface area contributed by atoms with Crippen molar-refractivity contribution in [2.75, 3.05) is 46.2 Å². The summed E-state index contributed by atoms with van der Waals surface area (Å²) in [4.78, 5) is 12.3.